The van der Waals surface area contributed by atoms with Gasteiger partial charge in [-0.25, -0.2) is 0 Å². The summed E-state index contributed by atoms with van der Waals surface area (Å²) < 4.78 is 0. The monoisotopic (exact) mass is 183 g/mol. The maximum atomic E-state index is 11.6. The van der Waals surface area contributed by atoms with Crippen LogP contribution in [-0.4, -0.2) is 12.3 Å². The molecule has 0 aliphatic heterocycles. The van der Waals surface area contributed by atoms with Gasteiger partial charge in [-0.3, -0.25) is 4.79 Å². The molecule has 0 aromatic rings. The molecule has 1 atom stereocenters. The molecule has 1 fully saturated rings. The molecule has 1 aliphatic rings. The number of ketones is 1. The van der Waals surface area contributed by atoms with Gasteiger partial charge in [-0.2, -0.15) is 0 Å². The van der Waals surface area contributed by atoms with E-state index in [2.05, 4.69) is 6.92 Å². The van der Waals surface area contributed by atoms with E-state index in [1.165, 1.54) is 12.8 Å². The van der Waals surface area contributed by atoms with Crippen LogP contribution in [0.25, 0.3) is 0 Å². The molecule has 1 aliphatic carbocycles. The van der Waals surface area contributed by atoms with Crippen molar-refractivity contribution in [3.05, 3.63) is 0 Å². The fourth-order valence-electron chi connectivity index (χ4n) is 1.72. The molecule has 1 unspecified atom stereocenters. The van der Waals surface area contributed by atoms with Gasteiger partial charge in [-0.05, 0) is 18.8 Å². The minimum absolute atomic E-state index is 0.142. The lowest BCUT2D eigenvalue weighted by atomic mass is 9.95. The molecule has 0 aromatic carbocycles. The molecule has 2 nitrogen and oxygen atoms in total. The van der Waals surface area contributed by atoms with E-state index in [1.54, 1.807) is 0 Å². The Hall–Kier alpha value is -0.370. The van der Waals surface area contributed by atoms with Crippen molar-refractivity contribution in [2.75, 3.05) is 6.54 Å². The molecule has 0 aromatic heterocycles. The third kappa shape index (κ3) is 3.90. The van der Waals surface area contributed by atoms with Crippen LogP contribution in [0.4, 0.5) is 0 Å². The SMILES string of the molecule is CCCC(CN)C(=O)CCC1CC1. The predicted molar refractivity (Wildman–Crippen MR) is 54.4 cm³/mol. The lowest BCUT2D eigenvalue weighted by molar-refractivity contribution is -0.123. The Balaban J connectivity index is 2.16. The highest BCUT2D eigenvalue weighted by Gasteiger charge is 2.23. The predicted octanol–water partition coefficient (Wildman–Crippen LogP) is 2.12. The first-order valence-corrected chi connectivity index (χ1v) is 5.50. The first-order valence-electron chi connectivity index (χ1n) is 5.50. The average Bonchev–Trinajstić information content (AvgIpc) is 2.93. The largest absolute Gasteiger partial charge is 0.330 e. The maximum Gasteiger partial charge on any atom is 0.137 e. The van der Waals surface area contributed by atoms with Crippen LogP contribution in [0.1, 0.15) is 45.4 Å². The highest BCUT2D eigenvalue weighted by molar-refractivity contribution is 5.81. The van der Waals surface area contributed by atoms with E-state index in [0.717, 1.165) is 31.6 Å². The van der Waals surface area contributed by atoms with Gasteiger partial charge in [0.05, 0.1) is 0 Å². The summed E-state index contributed by atoms with van der Waals surface area (Å²) in [6.45, 7) is 2.65. The van der Waals surface area contributed by atoms with E-state index >= 15 is 0 Å². The van der Waals surface area contributed by atoms with Gasteiger partial charge in [-0.15, -0.1) is 0 Å². The zero-order valence-corrected chi connectivity index (χ0v) is 8.59. The van der Waals surface area contributed by atoms with Crippen molar-refractivity contribution in [2.45, 2.75) is 45.4 Å². The van der Waals surface area contributed by atoms with Gasteiger partial charge in [0, 0.05) is 18.9 Å². The van der Waals surface area contributed by atoms with Crippen molar-refractivity contribution in [1.29, 1.82) is 0 Å². The highest BCUT2D eigenvalue weighted by Crippen LogP contribution is 2.33. The fraction of sp³-hybridized carbons (Fsp3) is 0.909. The molecular weight excluding hydrogens is 162 g/mol. The third-order valence-electron chi connectivity index (χ3n) is 2.87. The van der Waals surface area contributed by atoms with Crippen LogP contribution >= 0.6 is 0 Å². The van der Waals surface area contributed by atoms with E-state index in [0.29, 0.717) is 12.3 Å². The highest BCUT2D eigenvalue weighted by atomic mass is 16.1. The van der Waals surface area contributed by atoms with Crippen LogP contribution in [0.3, 0.4) is 0 Å². The molecule has 2 heteroatoms. The van der Waals surface area contributed by atoms with Crippen molar-refractivity contribution in [1.82, 2.24) is 0 Å². The van der Waals surface area contributed by atoms with Crippen molar-refractivity contribution in [3.8, 4) is 0 Å². The molecule has 76 valence electrons. The number of Topliss-reactive ketones (excluding diaryl/α,β-unsaturated/α-hetero) is 1. The quantitative estimate of drug-likeness (QED) is 0.657. The number of carbonyl (C=O) groups excluding carboxylic acids is 1. The molecule has 1 rings (SSSR count). The fourth-order valence-corrected chi connectivity index (χ4v) is 1.72. The van der Waals surface area contributed by atoms with E-state index in [1.807, 2.05) is 0 Å². The second-order valence-corrected chi connectivity index (χ2v) is 4.17. The summed E-state index contributed by atoms with van der Waals surface area (Å²) in [7, 11) is 0. The minimum Gasteiger partial charge on any atom is -0.330 e. The van der Waals surface area contributed by atoms with Crippen LogP contribution in [0.15, 0.2) is 0 Å². The van der Waals surface area contributed by atoms with Crippen molar-refractivity contribution >= 4 is 5.78 Å². The summed E-state index contributed by atoms with van der Waals surface area (Å²) in [5, 5.41) is 0. The Morgan fingerprint density at radius 3 is 2.69 bits per heavy atom. The van der Waals surface area contributed by atoms with Gasteiger partial charge in [0.2, 0.25) is 0 Å². The summed E-state index contributed by atoms with van der Waals surface area (Å²) in [5.74, 6) is 1.41. The summed E-state index contributed by atoms with van der Waals surface area (Å²) in [4.78, 5) is 11.6. The van der Waals surface area contributed by atoms with E-state index in [4.69, 9.17) is 5.73 Å². The number of rotatable bonds is 7. The second kappa shape index (κ2) is 5.38. The first-order chi connectivity index (χ1) is 6.27. The minimum atomic E-state index is 0.142. The first kappa shape index (κ1) is 10.7. The molecule has 0 radical (unpaired) electrons. The van der Waals surface area contributed by atoms with Crippen molar-refractivity contribution in [2.24, 2.45) is 17.6 Å². The number of hydrogen-bond acceptors (Lipinski definition) is 2. The van der Waals surface area contributed by atoms with Gasteiger partial charge in [0.15, 0.2) is 0 Å². The Morgan fingerprint density at radius 1 is 1.54 bits per heavy atom. The average molecular weight is 183 g/mol. The van der Waals surface area contributed by atoms with Gasteiger partial charge in [0.1, 0.15) is 5.78 Å². The van der Waals surface area contributed by atoms with Crippen molar-refractivity contribution in [3.63, 3.8) is 0 Å². The normalized spacial score (nSPS) is 18.6. The Labute approximate surface area is 80.9 Å². The van der Waals surface area contributed by atoms with E-state index < -0.39 is 0 Å². The zero-order chi connectivity index (χ0) is 9.68. The third-order valence-corrected chi connectivity index (χ3v) is 2.87. The number of carbonyl (C=O) groups is 1. The molecule has 1 saturated carbocycles. The molecule has 0 amide bonds. The van der Waals surface area contributed by atoms with Crippen LogP contribution in [0.5, 0.6) is 0 Å². The molecular formula is C11H21NO. The van der Waals surface area contributed by atoms with Crippen LogP contribution < -0.4 is 5.73 Å². The van der Waals surface area contributed by atoms with Crippen LogP contribution in [0.2, 0.25) is 0 Å². The summed E-state index contributed by atoms with van der Waals surface area (Å²) in [5.41, 5.74) is 5.56. The lowest BCUT2D eigenvalue weighted by Gasteiger charge is -2.11. The van der Waals surface area contributed by atoms with E-state index in [9.17, 15) is 4.79 Å². The Bertz CT molecular complexity index is 163. The standard InChI is InChI=1S/C11H21NO/c1-2-3-10(8-12)11(13)7-6-9-4-5-9/h9-10H,2-8,12H2,1H3. The van der Waals surface area contributed by atoms with E-state index in [-0.39, 0.29) is 5.92 Å². The Kier molecular flexibility index (Phi) is 4.43. The summed E-state index contributed by atoms with van der Waals surface area (Å²) in [6, 6.07) is 0. The van der Waals surface area contributed by atoms with Gasteiger partial charge in [0.25, 0.3) is 0 Å². The smallest absolute Gasteiger partial charge is 0.137 e. The zero-order valence-electron chi connectivity index (χ0n) is 8.59. The van der Waals surface area contributed by atoms with Gasteiger partial charge >= 0.3 is 0 Å². The second-order valence-electron chi connectivity index (χ2n) is 4.17. The topological polar surface area (TPSA) is 43.1 Å². The van der Waals surface area contributed by atoms with Crippen LogP contribution in [0, 0.1) is 11.8 Å². The van der Waals surface area contributed by atoms with Crippen LogP contribution in [-0.2, 0) is 4.79 Å². The Morgan fingerprint density at radius 2 is 2.23 bits per heavy atom. The number of nitrogens with two attached hydrogens (primary N) is 1. The molecule has 0 spiro atoms. The number of hydrogen-bond donors (Lipinski definition) is 1. The molecule has 0 bridgehead atoms. The molecule has 0 saturated heterocycles. The maximum absolute atomic E-state index is 11.6. The molecule has 2 N–H and O–H groups in total. The van der Waals surface area contributed by atoms with Gasteiger partial charge < -0.3 is 5.73 Å². The summed E-state index contributed by atoms with van der Waals surface area (Å²) >= 11 is 0. The lowest BCUT2D eigenvalue weighted by Crippen LogP contribution is -2.23. The summed E-state index contributed by atoms with van der Waals surface area (Å²) in [6.07, 6.45) is 6.60. The van der Waals surface area contributed by atoms with Crippen molar-refractivity contribution < 1.29 is 4.79 Å². The molecule has 0 heterocycles. The molecule has 13 heavy (non-hydrogen) atoms. The van der Waals surface area contributed by atoms with Gasteiger partial charge in [-0.1, -0.05) is 26.2 Å².